The summed E-state index contributed by atoms with van der Waals surface area (Å²) in [5, 5.41) is 4.61. The Morgan fingerprint density at radius 1 is 1.09 bits per heavy atom. The normalized spacial score (nSPS) is 13.6. The third kappa shape index (κ3) is 5.46. The maximum Gasteiger partial charge on any atom is 0.325 e. The molecule has 2 heterocycles. The van der Waals surface area contributed by atoms with Gasteiger partial charge in [-0.3, -0.25) is 14.4 Å². The Morgan fingerprint density at radius 2 is 1.83 bits per heavy atom. The van der Waals surface area contributed by atoms with Gasteiger partial charge in [-0.1, -0.05) is 0 Å². The number of hydrogen-bond donors (Lipinski definition) is 2. The SMILES string of the molecule is COc1ccc(N2CCN(CC(=O)Nc3ccc(S(=O)(=O)Nc4nccs4)cc3)C2=O)cc1OC. The van der Waals surface area contributed by atoms with Crippen LogP contribution < -0.4 is 24.4 Å². The van der Waals surface area contributed by atoms with Crippen LogP contribution in [-0.2, 0) is 14.8 Å². The Kier molecular flexibility index (Phi) is 7.07. The number of methoxy groups -OCH3 is 2. The number of nitrogens with zero attached hydrogens (tertiary/aromatic N) is 3. The first-order valence-electron chi connectivity index (χ1n) is 10.4. The van der Waals surface area contributed by atoms with Crippen molar-refractivity contribution in [1.29, 1.82) is 0 Å². The lowest BCUT2D eigenvalue weighted by Crippen LogP contribution is -2.37. The molecule has 3 aromatic rings. The Balaban J connectivity index is 1.35. The molecule has 3 amide bonds. The highest BCUT2D eigenvalue weighted by Crippen LogP contribution is 2.32. The molecule has 35 heavy (non-hydrogen) atoms. The molecule has 13 heteroatoms. The summed E-state index contributed by atoms with van der Waals surface area (Å²) in [7, 11) is -0.736. The van der Waals surface area contributed by atoms with Crippen LogP contribution in [0.15, 0.2) is 58.9 Å². The van der Waals surface area contributed by atoms with Crippen LogP contribution in [0.4, 0.5) is 21.3 Å². The van der Waals surface area contributed by atoms with E-state index < -0.39 is 15.9 Å². The zero-order valence-electron chi connectivity index (χ0n) is 18.9. The molecule has 4 rings (SSSR count). The monoisotopic (exact) mass is 517 g/mol. The van der Waals surface area contributed by atoms with Crippen molar-refractivity contribution >= 4 is 49.8 Å². The Morgan fingerprint density at radius 3 is 2.49 bits per heavy atom. The summed E-state index contributed by atoms with van der Waals surface area (Å²) in [6, 6.07) is 10.6. The molecule has 1 aromatic heterocycles. The zero-order chi connectivity index (χ0) is 25.0. The first-order valence-corrected chi connectivity index (χ1v) is 12.8. The van der Waals surface area contributed by atoms with E-state index in [2.05, 4.69) is 15.0 Å². The van der Waals surface area contributed by atoms with Crippen LogP contribution >= 0.6 is 11.3 Å². The van der Waals surface area contributed by atoms with Gasteiger partial charge in [0.2, 0.25) is 5.91 Å². The average Bonchev–Trinajstić information content (AvgIpc) is 3.48. The van der Waals surface area contributed by atoms with Gasteiger partial charge in [0.15, 0.2) is 16.6 Å². The fraction of sp³-hybridized carbons (Fsp3) is 0.227. The lowest BCUT2D eigenvalue weighted by Gasteiger charge is -2.19. The molecule has 184 valence electrons. The lowest BCUT2D eigenvalue weighted by molar-refractivity contribution is -0.116. The van der Waals surface area contributed by atoms with Crippen LogP contribution in [-0.4, -0.2) is 64.1 Å². The number of sulfonamides is 1. The van der Waals surface area contributed by atoms with Gasteiger partial charge in [0.05, 0.1) is 19.1 Å². The van der Waals surface area contributed by atoms with Crippen molar-refractivity contribution < 1.29 is 27.5 Å². The molecular formula is C22H23N5O6S2. The number of urea groups is 1. The molecule has 0 radical (unpaired) electrons. The highest BCUT2D eigenvalue weighted by molar-refractivity contribution is 7.93. The number of hydrogen-bond acceptors (Lipinski definition) is 8. The predicted molar refractivity (Wildman–Crippen MR) is 132 cm³/mol. The lowest BCUT2D eigenvalue weighted by atomic mass is 10.2. The third-order valence-electron chi connectivity index (χ3n) is 5.21. The molecule has 0 unspecified atom stereocenters. The molecule has 0 saturated carbocycles. The number of anilines is 3. The van der Waals surface area contributed by atoms with Crippen molar-refractivity contribution in [2.45, 2.75) is 4.90 Å². The number of aromatic nitrogens is 1. The molecule has 0 bridgehead atoms. The van der Waals surface area contributed by atoms with Crippen molar-refractivity contribution in [2.75, 3.05) is 48.8 Å². The first-order chi connectivity index (χ1) is 16.8. The molecule has 0 atom stereocenters. The molecule has 11 nitrogen and oxygen atoms in total. The number of amides is 3. The smallest absolute Gasteiger partial charge is 0.325 e. The molecule has 1 aliphatic heterocycles. The van der Waals surface area contributed by atoms with Gasteiger partial charge in [0.1, 0.15) is 6.54 Å². The number of carbonyl (C=O) groups excluding carboxylic acids is 2. The van der Waals surface area contributed by atoms with Crippen LogP contribution in [0.5, 0.6) is 11.5 Å². The predicted octanol–water partition coefficient (Wildman–Crippen LogP) is 2.84. The van der Waals surface area contributed by atoms with Gasteiger partial charge < -0.3 is 19.7 Å². The second-order valence-electron chi connectivity index (χ2n) is 7.41. The van der Waals surface area contributed by atoms with Crippen LogP contribution in [0, 0.1) is 0 Å². The zero-order valence-corrected chi connectivity index (χ0v) is 20.6. The molecule has 0 aliphatic carbocycles. The van der Waals surface area contributed by atoms with Gasteiger partial charge >= 0.3 is 6.03 Å². The maximum atomic E-state index is 12.9. The van der Waals surface area contributed by atoms with Gasteiger partial charge in [0.25, 0.3) is 10.0 Å². The first kappa shape index (κ1) is 24.3. The Bertz CT molecular complexity index is 1310. The maximum absolute atomic E-state index is 12.9. The molecule has 0 spiro atoms. The Labute approximate surface area is 206 Å². The van der Waals surface area contributed by atoms with Gasteiger partial charge in [-0.15, -0.1) is 11.3 Å². The van der Waals surface area contributed by atoms with E-state index in [0.29, 0.717) is 36.0 Å². The van der Waals surface area contributed by atoms with E-state index in [0.717, 1.165) is 0 Å². The standard InChI is InChI=1S/C22H23N5O6S2/c1-32-18-8-5-16(13-19(18)33-2)27-11-10-26(22(27)29)14-20(28)24-15-3-6-17(7-4-15)35(30,31)25-21-23-9-12-34-21/h3-9,12-13H,10-11,14H2,1-2H3,(H,23,25)(H,24,28). The van der Waals surface area contributed by atoms with E-state index in [1.165, 1.54) is 60.9 Å². The van der Waals surface area contributed by atoms with Gasteiger partial charge in [0, 0.05) is 42.1 Å². The van der Waals surface area contributed by atoms with Gasteiger partial charge in [-0.05, 0) is 36.4 Å². The molecule has 2 aromatic carbocycles. The van der Waals surface area contributed by atoms with Crippen LogP contribution in [0.3, 0.4) is 0 Å². The van der Waals surface area contributed by atoms with Gasteiger partial charge in [-0.25, -0.2) is 18.2 Å². The van der Waals surface area contributed by atoms with Crippen molar-refractivity contribution in [1.82, 2.24) is 9.88 Å². The molecule has 1 fully saturated rings. The number of nitrogens with one attached hydrogen (secondary N) is 2. The minimum Gasteiger partial charge on any atom is -0.493 e. The number of benzene rings is 2. The molecular weight excluding hydrogens is 494 g/mol. The summed E-state index contributed by atoms with van der Waals surface area (Å²) in [6.07, 6.45) is 1.50. The Hall–Kier alpha value is -3.84. The summed E-state index contributed by atoms with van der Waals surface area (Å²) in [4.78, 5) is 32.3. The fourth-order valence-electron chi connectivity index (χ4n) is 3.50. The summed E-state index contributed by atoms with van der Waals surface area (Å²) < 4.78 is 37.8. The quantitative estimate of drug-likeness (QED) is 0.446. The van der Waals surface area contributed by atoms with E-state index >= 15 is 0 Å². The number of rotatable bonds is 9. The second kappa shape index (κ2) is 10.2. The third-order valence-corrected chi connectivity index (χ3v) is 7.38. The van der Waals surface area contributed by atoms with Crippen molar-refractivity contribution in [3.8, 4) is 11.5 Å². The van der Waals surface area contributed by atoms with E-state index in [1.54, 1.807) is 28.5 Å². The molecule has 1 aliphatic rings. The summed E-state index contributed by atoms with van der Waals surface area (Å²) >= 11 is 1.17. The second-order valence-corrected chi connectivity index (χ2v) is 9.99. The largest absolute Gasteiger partial charge is 0.493 e. The highest BCUT2D eigenvalue weighted by atomic mass is 32.2. The highest BCUT2D eigenvalue weighted by Gasteiger charge is 2.31. The minimum atomic E-state index is -3.79. The summed E-state index contributed by atoms with van der Waals surface area (Å²) in [5.74, 6) is 0.655. The minimum absolute atomic E-state index is 0.0333. The van der Waals surface area contributed by atoms with Gasteiger partial charge in [-0.2, -0.15) is 0 Å². The van der Waals surface area contributed by atoms with Crippen LogP contribution in [0.2, 0.25) is 0 Å². The number of ether oxygens (including phenoxy) is 2. The summed E-state index contributed by atoms with van der Waals surface area (Å²) in [6.45, 7) is 0.648. The fourth-order valence-corrected chi connectivity index (χ4v) is 5.29. The average molecular weight is 518 g/mol. The van der Waals surface area contributed by atoms with Crippen molar-refractivity contribution in [2.24, 2.45) is 0 Å². The van der Waals surface area contributed by atoms with Crippen LogP contribution in [0.1, 0.15) is 0 Å². The topological polar surface area (TPSA) is 130 Å². The molecule has 2 N–H and O–H groups in total. The number of carbonyl (C=O) groups is 2. The van der Waals surface area contributed by atoms with E-state index in [9.17, 15) is 18.0 Å². The van der Waals surface area contributed by atoms with Crippen molar-refractivity contribution in [3.63, 3.8) is 0 Å². The van der Waals surface area contributed by atoms with Crippen LogP contribution in [0.25, 0.3) is 0 Å². The van der Waals surface area contributed by atoms with E-state index in [4.69, 9.17) is 9.47 Å². The number of thiazole rings is 1. The summed E-state index contributed by atoms with van der Waals surface area (Å²) in [5.41, 5.74) is 1.05. The van der Waals surface area contributed by atoms with E-state index in [-0.39, 0.29) is 22.6 Å². The van der Waals surface area contributed by atoms with Crippen molar-refractivity contribution in [3.05, 3.63) is 54.0 Å². The molecule has 1 saturated heterocycles. The van der Waals surface area contributed by atoms with E-state index in [1.807, 2.05) is 0 Å².